The Labute approximate surface area is 74.8 Å². The van der Waals surface area contributed by atoms with Crippen LogP contribution in [0.2, 0.25) is 0 Å². The Morgan fingerprint density at radius 2 is 2.27 bits per heavy atom. The van der Waals surface area contributed by atoms with E-state index >= 15 is 0 Å². The highest BCUT2D eigenvalue weighted by Crippen LogP contribution is 2.27. The third-order valence-electron chi connectivity index (χ3n) is 1.03. The lowest BCUT2D eigenvalue weighted by atomic mass is 10.2. The molecule has 0 amide bonds. The third kappa shape index (κ3) is 3.45. The van der Waals surface area contributed by atoms with Crippen molar-refractivity contribution in [2.75, 3.05) is 7.11 Å². The van der Waals surface area contributed by atoms with E-state index in [1.54, 1.807) is 0 Å². The number of hydrogen-bond acceptors (Lipinski definition) is 3. The maximum atomic E-state index is 10.7. The standard InChI is InChI=1S/C6H7Cl2NO2/c1-11-5(10)6(7,8)3-2-4-9/h2-3H2,1H3. The van der Waals surface area contributed by atoms with Crippen molar-refractivity contribution in [1.82, 2.24) is 0 Å². The first-order valence-corrected chi connectivity index (χ1v) is 3.63. The molecule has 0 aromatic heterocycles. The summed E-state index contributed by atoms with van der Waals surface area (Å²) < 4.78 is 2.72. The summed E-state index contributed by atoms with van der Waals surface area (Å²) in [6.45, 7) is 0. The minimum Gasteiger partial charge on any atom is -0.467 e. The van der Waals surface area contributed by atoms with Crippen LogP contribution in [0, 0.1) is 11.3 Å². The predicted molar refractivity (Wildman–Crippen MR) is 41.3 cm³/mol. The van der Waals surface area contributed by atoms with Crippen molar-refractivity contribution in [3.05, 3.63) is 0 Å². The van der Waals surface area contributed by atoms with E-state index in [4.69, 9.17) is 28.5 Å². The van der Waals surface area contributed by atoms with Gasteiger partial charge in [0.1, 0.15) is 0 Å². The van der Waals surface area contributed by atoms with Gasteiger partial charge in [-0.05, 0) is 0 Å². The number of esters is 1. The first-order chi connectivity index (χ1) is 5.04. The van der Waals surface area contributed by atoms with Gasteiger partial charge in [0.05, 0.1) is 13.2 Å². The Bertz CT molecular complexity index is 186. The van der Waals surface area contributed by atoms with E-state index in [1.807, 2.05) is 6.07 Å². The van der Waals surface area contributed by atoms with Crippen molar-refractivity contribution in [3.8, 4) is 6.07 Å². The fourth-order valence-corrected chi connectivity index (χ4v) is 0.808. The summed E-state index contributed by atoms with van der Waals surface area (Å²) in [5.74, 6) is -0.726. The zero-order valence-electron chi connectivity index (χ0n) is 5.93. The molecule has 0 unspecified atom stereocenters. The Morgan fingerprint density at radius 1 is 1.73 bits per heavy atom. The number of methoxy groups -OCH3 is 1. The van der Waals surface area contributed by atoms with Crippen LogP contribution in [0.5, 0.6) is 0 Å². The van der Waals surface area contributed by atoms with E-state index in [9.17, 15) is 4.79 Å². The zero-order valence-corrected chi connectivity index (χ0v) is 7.45. The molecule has 0 N–H and O–H groups in total. The number of carbonyl (C=O) groups is 1. The van der Waals surface area contributed by atoms with Gasteiger partial charge in [-0.2, -0.15) is 5.26 Å². The van der Waals surface area contributed by atoms with Crippen molar-refractivity contribution < 1.29 is 9.53 Å². The Kier molecular flexibility index (Phi) is 4.24. The average molecular weight is 196 g/mol. The normalized spacial score (nSPS) is 10.4. The third-order valence-corrected chi connectivity index (χ3v) is 1.72. The molecule has 0 aliphatic carbocycles. The van der Waals surface area contributed by atoms with Gasteiger partial charge in [-0.25, -0.2) is 4.79 Å². The maximum Gasteiger partial charge on any atom is 0.342 e. The first kappa shape index (κ1) is 10.5. The van der Waals surface area contributed by atoms with Gasteiger partial charge in [-0.1, -0.05) is 23.2 Å². The van der Waals surface area contributed by atoms with E-state index in [2.05, 4.69) is 4.74 Å². The fourth-order valence-electron chi connectivity index (χ4n) is 0.464. The van der Waals surface area contributed by atoms with E-state index in [-0.39, 0.29) is 12.8 Å². The van der Waals surface area contributed by atoms with E-state index in [0.29, 0.717) is 0 Å². The van der Waals surface area contributed by atoms with E-state index in [0.717, 1.165) is 0 Å². The Hall–Kier alpha value is -0.460. The van der Waals surface area contributed by atoms with Crippen LogP contribution in [0.15, 0.2) is 0 Å². The summed E-state index contributed by atoms with van der Waals surface area (Å²) in [5, 5.41) is 8.16. The van der Waals surface area contributed by atoms with Gasteiger partial charge >= 0.3 is 5.97 Å². The van der Waals surface area contributed by atoms with Crippen LogP contribution in [0.1, 0.15) is 12.8 Å². The molecule has 0 radical (unpaired) electrons. The van der Waals surface area contributed by atoms with E-state index in [1.165, 1.54) is 7.11 Å². The lowest BCUT2D eigenvalue weighted by Crippen LogP contribution is -2.26. The van der Waals surface area contributed by atoms with Gasteiger partial charge in [0, 0.05) is 12.8 Å². The largest absolute Gasteiger partial charge is 0.467 e. The molecule has 3 nitrogen and oxygen atoms in total. The fraction of sp³-hybridized carbons (Fsp3) is 0.667. The molecule has 0 aromatic carbocycles. The minimum absolute atomic E-state index is 0.0826. The number of nitrogens with zero attached hydrogens (tertiary/aromatic N) is 1. The van der Waals surface area contributed by atoms with Gasteiger partial charge in [-0.3, -0.25) is 0 Å². The van der Waals surface area contributed by atoms with Crippen LogP contribution in [0.25, 0.3) is 0 Å². The van der Waals surface area contributed by atoms with Crippen LogP contribution in [-0.2, 0) is 9.53 Å². The molecular weight excluding hydrogens is 189 g/mol. The highest BCUT2D eigenvalue weighted by molar-refractivity contribution is 6.57. The summed E-state index contributed by atoms with van der Waals surface area (Å²) in [6.07, 6.45) is 0.210. The van der Waals surface area contributed by atoms with Crippen molar-refractivity contribution in [2.24, 2.45) is 0 Å². The smallest absolute Gasteiger partial charge is 0.342 e. The summed E-state index contributed by atoms with van der Waals surface area (Å²) in [7, 11) is 1.19. The second kappa shape index (κ2) is 4.42. The van der Waals surface area contributed by atoms with Crippen molar-refractivity contribution in [1.29, 1.82) is 5.26 Å². The molecule has 0 aliphatic heterocycles. The van der Waals surface area contributed by atoms with Crippen LogP contribution in [0.4, 0.5) is 0 Å². The number of rotatable bonds is 3. The van der Waals surface area contributed by atoms with Crippen LogP contribution < -0.4 is 0 Å². The highest BCUT2D eigenvalue weighted by atomic mass is 35.5. The lowest BCUT2D eigenvalue weighted by Gasteiger charge is -2.13. The van der Waals surface area contributed by atoms with Gasteiger partial charge in [-0.15, -0.1) is 0 Å². The monoisotopic (exact) mass is 195 g/mol. The molecule has 5 heteroatoms. The molecule has 0 aromatic rings. The molecule has 0 bridgehead atoms. The summed E-state index contributed by atoms with van der Waals surface area (Å²) in [4.78, 5) is 10.7. The second-order valence-corrected chi connectivity index (χ2v) is 3.34. The minimum atomic E-state index is -1.58. The van der Waals surface area contributed by atoms with E-state index < -0.39 is 10.3 Å². The lowest BCUT2D eigenvalue weighted by molar-refractivity contribution is -0.141. The van der Waals surface area contributed by atoms with Crippen molar-refractivity contribution in [3.63, 3.8) is 0 Å². The molecule has 0 rings (SSSR count). The van der Waals surface area contributed by atoms with Crippen molar-refractivity contribution in [2.45, 2.75) is 17.2 Å². The molecule has 11 heavy (non-hydrogen) atoms. The average Bonchev–Trinajstić information content (AvgIpc) is 1.99. The van der Waals surface area contributed by atoms with Gasteiger partial charge in [0.25, 0.3) is 0 Å². The second-order valence-electron chi connectivity index (χ2n) is 1.85. The molecule has 0 atom stereocenters. The van der Waals surface area contributed by atoms with Gasteiger partial charge in [0.15, 0.2) is 0 Å². The van der Waals surface area contributed by atoms with Crippen LogP contribution in [0.3, 0.4) is 0 Å². The summed E-state index contributed by atoms with van der Waals surface area (Å²) in [5.41, 5.74) is 0. The highest BCUT2D eigenvalue weighted by Gasteiger charge is 2.34. The number of hydrogen-bond donors (Lipinski definition) is 0. The molecule has 0 saturated heterocycles. The Morgan fingerprint density at radius 3 is 2.64 bits per heavy atom. The zero-order chi connectivity index (χ0) is 8.91. The molecular formula is C6H7Cl2NO2. The van der Waals surface area contributed by atoms with Gasteiger partial charge in [0.2, 0.25) is 4.33 Å². The molecule has 0 spiro atoms. The van der Waals surface area contributed by atoms with Crippen molar-refractivity contribution >= 4 is 29.2 Å². The maximum absolute atomic E-state index is 10.7. The predicted octanol–water partition coefficient (Wildman–Crippen LogP) is 1.64. The number of alkyl halides is 2. The number of carbonyl (C=O) groups excluding carboxylic acids is 1. The first-order valence-electron chi connectivity index (χ1n) is 2.88. The van der Waals surface area contributed by atoms with Crippen LogP contribution >= 0.6 is 23.2 Å². The molecule has 0 fully saturated rings. The topological polar surface area (TPSA) is 50.1 Å². The number of nitriles is 1. The number of ether oxygens (including phenoxy) is 1. The number of halogens is 2. The molecule has 0 heterocycles. The Balaban J connectivity index is 4.01. The molecule has 0 aliphatic rings. The van der Waals surface area contributed by atoms with Gasteiger partial charge < -0.3 is 4.74 Å². The quantitative estimate of drug-likeness (QED) is 0.509. The molecule has 62 valence electrons. The van der Waals surface area contributed by atoms with Crippen LogP contribution in [-0.4, -0.2) is 17.4 Å². The SMILES string of the molecule is COC(=O)C(Cl)(Cl)CCC#N. The molecule has 0 saturated carbocycles. The summed E-state index contributed by atoms with van der Waals surface area (Å²) in [6, 6.07) is 1.83. The summed E-state index contributed by atoms with van der Waals surface area (Å²) >= 11 is 11.0.